The number of para-hydroxylation sites is 2. The van der Waals surface area contributed by atoms with Gasteiger partial charge in [0, 0.05) is 38.4 Å². The Morgan fingerprint density at radius 3 is 2.11 bits per heavy atom. The van der Waals surface area contributed by atoms with Crippen LogP contribution in [0.4, 0.5) is 5.69 Å². The van der Waals surface area contributed by atoms with E-state index < -0.39 is 0 Å². The molecule has 5 heteroatoms. The number of rotatable bonds is 4. The Hall–Kier alpha value is -6.51. The van der Waals surface area contributed by atoms with Crippen LogP contribution in [0.2, 0.25) is 0 Å². The zero-order valence-electron chi connectivity index (χ0n) is 24.6. The summed E-state index contributed by atoms with van der Waals surface area (Å²) >= 11 is 0. The van der Waals surface area contributed by atoms with Gasteiger partial charge in [-0.25, -0.2) is 14.8 Å². The molecule has 6 aromatic carbocycles. The molecule has 0 aliphatic rings. The fourth-order valence-electron chi connectivity index (χ4n) is 6.50. The van der Waals surface area contributed by atoms with Crippen molar-refractivity contribution in [3.8, 4) is 39.6 Å². The van der Waals surface area contributed by atoms with Crippen molar-refractivity contribution < 1.29 is 4.42 Å². The molecule has 0 saturated carbocycles. The summed E-state index contributed by atoms with van der Waals surface area (Å²) in [5.74, 6) is 0.612. The lowest BCUT2D eigenvalue weighted by Gasteiger charge is -2.12. The zero-order valence-corrected chi connectivity index (χ0v) is 24.6. The number of nitrogens with zero attached hydrogens (tertiary/aromatic N) is 4. The molecule has 0 unspecified atom stereocenters. The van der Waals surface area contributed by atoms with Gasteiger partial charge in [0.15, 0.2) is 17.1 Å². The number of hydrogen-bond donors (Lipinski definition) is 0. The molecule has 0 radical (unpaired) electrons. The third-order valence-corrected chi connectivity index (χ3v) is 8.61. The lowest BCUT2D eigenvalue weighted by atomic mass is 10.1. The van der Waals surface area contributed by atoms with Crippen LogP contribution in [-0.2, 0) is 0 Å². The smallest absolute Gasteiger partial charge is 0.187 e. The third kappa shape index (κ3) is 4.09. The van der Waals surface area contributed by atoms with Crippen molar-refractivity contribution in [1.29, 1.82) is 0 Å². The van der Waals surface area contributed by atoms with Crippen molar-refractivity contribution in [3.05, 3.63) is 157 Å². The topological polar surface area (TPSA) is 48.2 Å². The quantitative estimate of drug-likeness (QED) is 0.192. The summed E-state index contributed by atoms with van der Waals surface area (Å²) in [5, 5.41) is 4.49. The maximum Gasteiger partial charge on any atom is 0.187 e. The summed E-state index contributed by atoms with van der Waals surface area (Å²) in [6, 6.07) is 49.2. The molecule has 0 bridgehead atoms. The van der Waals surface area contributed by atoms with E-state index in [0.29, 0.717) is 11.5 Å². The highest BCUT2D eigenvalue weighted by molar-refractivity contribution is 6.21. The van der Waals surface area contributed by atoms with E-state index in [1.807, 2.05) is 60.7 Å². The summed E-state index contributed by atoms with van der Waals surface area (Å²) < 4.78 is 8.85. The lowest BCUT2D eigenvalue weighted by molar-refractivity contribution is 0.671. The van der Waals surface area contributed by atoms with Crippen molar-refractivity contribution in [3.63, 3.8) is 0 Å². The first-order valence-corrected chi connectivity index (χ1v) is 15.1. The van der Waals surface area contributed by atoms with Crippen molar-refractivity contribution >= 4 is 49.4 Å². The van der Waals surface area contributed by atoms with Gasteiger partial charge < -0.3 is 8.98 Å². The van der Waals surface area contributed by atoms with E-state index in [1.54, 1.807) is 0 Å². The van der Waals surface area contributed by atoms with Crippen LogP contribution in [0, 0.1) is 6.57 Å². The van der Waals surface area contributed by atoms with E-state index in [2.05, 4.69) is 94.3 Å². The Bertz CT molecular complexity index is 2660. The SMILES string of the molecule is [C-]#[N+]c1cccc(-c2cc(-c3ccccc3)nc(-c3cccc(-n4c5ccccc5c5ccc6c7ccccc7oc6c54)c3)n2)c1. The van der Waals surface area contributed by atoms with Crippen LogP contribution in [-0.4, -0.2) is 14.5 Å². The maximum absolute atomic E-state index is 7.53. The summed E-state index contributed by atoms with van der Waals surface area (Å²) in [7, 11) is 0. The molecule has 0 aliphatic heterocycles. The van der Waals surface area contributed by atoms with Crippen LogP contribution in [0.5, 0.6) is 0 Å². The first-order valence-electron chi connectivity index (χ1n) is 15.1. The molecule has 0 N–H and O–H groups in total. The van der Waals surface area contributed by atoms with Gasteiger partial charge in [-0.05, 0) is 48.0 Å². The van der Waals surface area contributed by atoms with Gasteiger partial charge in [-0.2, -0.15) is 0 Å². The van der Waals surface area contributed by atoms with Gasteiger partial charge in [-0.3, -0.25) is 0 Å². The van der Waals surface area contributed by atoms with E-state index in [1.165, 1.54) is 0 Å². The Morgan fingerprint density at radius 2 is 1.24 bits per heavy atom. The summed E-state index contributed by atoms with van der Waals surface area (Å²) in [5.41, 5.74) is 9.77. The van der Waals surface area contributed by atoms with E-state index in [4.69, 9.17) is 21.0 Å². The molecular formula is C41H24N4O. The highest BCUT2D eigenvalue weighted by atomic mass is 16.3. The standard InChI is InChI=1S/C41H24N4O/c1-42-29-15-9-13-27(23-29)36-25-35(26-11-3-2-4-12-26)43-41(44-36)28-14-10-16-30(24-28)45-37-19-7-5-17-31(37)33-21-22-34-32-18-6-8-20-38(32)46-40(34)39(33)45/h2-25H. The van der Waals surface area contributed by atoms with Gasteiger partial charge in [0.25, 0.3) is 0 Å². The number of furan rings is 1. The minimum Gasteiger partial charge on any atom is -0.454 e. The normalized spacial score (nSPS) is 11.5. The zero-order chi connectivity index (χ0) is 30.6. The molecule has 3 heterocycles. The lowest BCUT2D eigenvalue weighted by Crippen LogP contribution is -1.98. The average molecular weight is 589 g/mol. The Labute approximate surface area is 264 Å². The van der Waals surface area contributed by atoms with E-state index in [9.17, 15) is 0 Å². The van der Waals surface area contributed by atoms with Crippen molar-refractivity contribution in [2.24, 2.45) is 0 Å². The van der Waals surface area contributed by atoms with Gasteiger partial charge in [0.1, 0.15) is 5.58 Å². The van der Waals surface area contributed by atoms with Crippen molar-refractivity contribution in [2.45, 2.75) is 0 Å². The molecule has 214 valence electrons. The second-order valence-electron chi connectivity index (χ2n) is 11.3. The van der Waals surface area contributed by atoms with Crippen LogP contribution in [0.25, 0.3) is 88.2 Å². The molecule has 0 aliphatic carbocycles. The Kier molecular flexibility index (Phi) is 5.81. The van der Waals surface area contributed by atoms with Crippen LogP contribution in [0.1, 0.15) is 0 Å². The molecule has 0 spiro atoms. The molecule has 0 saturated heterocycles. The van der Waals surface area contributed by atoms with Gasteiger partial charge in [-0.15, -0.1) is 0 Å². The van der Waals surface area contributed by atoms with Gasteiger partial charge in [-0.1, -0.05) is 103 Å². The molecule has 0 amide bonds. The van der Waals surface area contributed by atoms with Crippen LogP contribution < -0.4 is 0 Å². The second kappa shape index (κ2) is 10.3. The van der Waals surface area contributed by atoms with Gasteiger partial charge in [0.05, 0.1) is 29.0 Å². The fraction of sp³-hybridized carbons (Fsp3) is 0. The van der Waals surface area contributed by atoms with Crippen molar-refractivity contribution in [2.75, 3.05) is 0 Å². The highest BCUT2D eigenvalue weighted by Gasteiger charge is 2.19. The number of fused-ring (bicyclic) bond motifs is 7. The second-order valence-corrected chi connectivity index (χ2v) is 11.3. The Morgan fingerprint density at radius 1 is 0.543 bits per heavy atom. The first-order chi connectivity index (χ1) is 22.7. The minimum atomic E-state index is 0.573. The van der Waals surface area contributed by atoms with Crippen LogP contribution in [0.15, 0.2) is 150 Å². The molecule has 5 nitrogen and oxygen atoms in total. The molecule has 9 rings (SSSR count). The monoisotopic (exact) mass is 588 g/mol. The van der Waals surface area contributed by atoms with Crippen molar-refractivity contribution in [1.82, 2.24) is 14.5 Å². The maximum atomic E-state index is 7.53. The van der Waals surface area contributed by atoms with Crippen LogP contribution >= 0.6 is 0 Å². The summed E-state index contributed by atoms with van der Waals surface area (Å²) in [6.07, 6.45) is 0. The minimum absolute atomic E-state index is 0.573. The highest BCUT2D eigenvalue weighted by Crippen LogP contribution is 2.40. The summed E-state index contributed by atoms with van der Waals surface area (Å²) in [6.45, 7) is 7.53. The predicted molar refractivity (Wildman–Crippen MR) is 186 cm³/mol. The fourth-order valence-corrected chi connectivity index (χ4v) is 6.50. The Balaban J connectivity index is 1.29. The molecule has 3 aromatic heterocycles. The number of hydrogen-bond acceptors (Lipinski definition) is 3. The molecular weight excluding hydrogens is 564 g/mol. The molecule has 0 fully saturated rings. The summed E-state index contributed by atoms with van der Waals surface area (Å²) in [4.78, 5) is 13.8. The largest absolute Gasteiger partial charge is 0.454 e. The van der Waals surface area contributed by atoms with Crippen LogP contribution in [0.3, 0.4) is 0 Å². The van der Waals surface area contributed by atoms with E-state index in [-0.39, 0.29) is 0 Å². The first kappa shape index (κ1) is 25.9. The number of benzene rings is 6. The number of aromatic nitrogens is 3. The average Bonchev–Trinajstić information content (AvgIpc) is 3.68. The molecule has 46 heavy (non-hydrogen) atoms. The molecule has 9 aromatic rings. The third-order valence-electron chi connectivity index (χ3n) is 8.61. The molecule has 0 atom stereocenters. The van der Waals surface area contributed by atoms with Gasteiger partial charge in [0.2, 0.25) is 0 Å². The van der Waals surface area contributed by atoms with E-state index in [0.717, 1.165) is 77.5 Å². The predicted octanol–water partition coefficient (Wildman–Crippen LogP) is 11.0. The van der Waals surface area contributed by atoms with E-state index >= 15 is 0 Å². The van der Waals surface area contributed by atoms with Gasteiger partial charge >= 0.3 is 0 Å².